The molecule has 0 aliphatic heterocycles. The van der Waals surface area contributed by atoms with Crippen LogP contribution in [0.1, 0.15) is 46.0 Å². The number of amides is 1. The third kappa shape index (κ3) is 6.03. The largest absolute Gasteiger partial charge is 0.376 e. The molecule has 0 aromatic carbocycles. The molecular formula is C13H26N2O2. The Morgan fingerprint density at radius 2 is 2.18 bits per heavy atom. The number of nitrogens with two attached hydrogens (primary N) is 1. The van der Waals surface area contributed by atoms with Crippen molar-refractivity contribution in [2.75, 3.05) is 13.2 Å². The van der Waals surface area contributed by atoms with E-state index in [1.807, 2.05) is 6.92 Å². The number of hydrogen-bond donors (Lipinski definition) is 2. The van der Waals surface area contributed by atoms with Gasteiger partial charge in [-0.15, -0.1) is 0 Å². The molecule has 1 amide bonds. The summed E-state index contributed by atoms with van der Waals surface area (Å²) >= 11 is 0. The first kappa shape index (κ1) is 14.5. The van der Waals surface area contributed by atoms with Gasteiger partial charge in [0.05, 0.1) is 12.7 Å². The normalized spacial score (nSPS) is 26.5. The molecule has 1 fully saturated rings. The summed E-state index contributed by atoms with van der Waals surface area (Å²) in [5.74, 6) is 0.670. The Morgan fingerprint density at radius 3 is 2.82 bits per heavy atom. The van der Waals surface area contributed by atoms with Gasteiger partial charge in [0.25, 0.3) is 0 Å². The molecule has 1 saturated carbocycles. The van der Waals surface area contributed by atoms with E-state index >= 15 is 0 Å². The van der Waals surface area contributed by atoms with Crippen molar-refractivity contribution in [3.8, 4) is 0 Å². The van der Waals surface area contributed by atoms with Crippen molar-refractivity contribution in [3.05, 3.63) is 0 Å². The van der Waals surface area contributed by atoms with Crippen molar-refractivity contribution in [2.45, 2.75) is 58.1 Å². The molecule has 0 aromatic rings. The molecule has 0 spiro atoms. The summed E-state index contributed by atoms with van der Waals surface area (Å²) in [5.41, 5.74) is 5.54. The Bertz CT molecular complexity index is 231. The molecule has 0 heterocycles. The molecule has 17 heavy (non-hydrogen) atoms. The van der Waals surface area contributed by atoms with Crippen LogP contribution in [0.15, 0.2) is 0 Å². The van der Waals surface area contributed by atoms with Crippen LogP contribution < -0.4 is 11.1 Å². The second-order valence-electron chi connectivity index (χ2n) is 5.20. The Hall–Kier alpha value is -0.610. The Kier molecular flexibility index (Phi) is 6.52. The van der Waals surface area contributed by atoms with Crippen LogP contribution in [0, 0.1) is 5.92 Å². The van der Waals surface area contributed by atoms with Gasteiger partial charge in [-0.25, -0.2) is 0 Å². The van der Waals surface area contributed by atoms with Crippen LogP contribution in [0.2, 0.25) is 0 Å². The summed E-state index contributed by atoms with van der Waals surface area (Å²) in [4.78, 5) is 11.3. The molecule has 3 unspecified atom stereocenters. The van der Waals surface area contributed by atoms with E-state index in [1.54, 1.807) is 0 Å². The molecule has 0 aromatic heterocycles. The number of carbonyl (C=O) groups is 1. The number of nitrogens with one attached hydrogen (secondary N) is 1. The lowest BCUT2D eigenvalue weighted by atomic mass is 9.88. The van der Waals surface area contributed by atoms with Crippen LogP contribution in [-0.4, -0.2) is 31.2 Å². The zero-order chi connectivity index (χ0) is 12.7. The van der Waals surface area contributed by atoms with Crippen molar-refractivity contribution in [3.63, 3.8) is 0 Å². The van der Waals surface area contributed by atoms with Gasteiger partial charge in [0.1, 0.15) is 0 Å². The van der Waals surface area contributed by atoms with E-state index in [0.29, 0.717) is 31.6 Å². The lowest BCUT2D eigenvalue weighted by Gasteiger charge is -2.28. The number of hydrogen-bond acceptors (Lipinski definition) is 3. The quantitative estimate of drug-likeness (QED) is 0.693. The Morgan fingerprint density at radius 1 is 1.47 bits per heavy atom. The third-order valence-corrected chi connectivity index (χ3v) is 3.30. The Labute approximate surface area is 104 Å². The lowest BCUT2D eigenvalue weighted by molar-refractivity contribution is -0.121. The maximum absolute atomic E-state index is 11.3. The summed E-state index contributed by atoms with van der Waals surface area (Å²) in [6.45, 7) is 5.28. The summed E-state index contributed by atoms with van der Waals surface area (Å²) in [7, 11) is 0. The standard InChI is InChI=1S/C13H26N2O2/c1-10-5-3-4-6-12(10)17-8-7-15-13(16)9-11(2)14/h10-12H,3-9,14H2,1-2H3,(H,15,16). The molecule has 0 radical (unpaired) electrons. The fourth-order valence-corrected chi connectivity index (χ4v) is 2.30. The van der Waals surface area contributed by atoms with Gasteiger partial charge in [0.15, 0.2) is 0 Å². The zero-order valence-electron chi connectivity index (χ0n) is 11.1. The highest BCUT2D eigenvalue weighted by molar-refractivity contribution is 5.76. The summed E-state index contributed by atoms with van der Waals surface area (Å²) in [6.07, 6.45) is 5.79. The molecule has 1 aliphatic rings. The van der Waals surface area contributed by atoms with Crippen molar-refractivity contribution >= 4 is 5.91 Å². The summed E-state index contributed by atoms with van der Waals surface area (Å²) in [6, 6.07) is -0.0747. The molecule has 100 valence electrons. The highest BCUT2D eigenvalue weighted by Crippen LogP contribution is 2.25. The molecule has 0 saturated heterocycles. The maximum Gasteiger partial charge on any atom is 0.221 e. The van der Waals surface area contributed by atoms with Crippen LogP contribution in [0.5, 0.6) is 0 Å². The number of carbonyl (C=O) groups excluding carboxylic acids is 1. The van der Waals surface area contributed by atoms with E-state index in [4.69, 9.17) is 10.5 Å². The van der Waals surface area contributed by atoms with Gasteiger partial charge in [-0.05, 0) is 25.7 Å². The number of rotatable bonds is 6. The molecule has 0 bridgehead atoms. The Balaban J connectivity index is 2.05. The van der Waals surface area contributed by atoms with E-state index in [2.05, 4.69) is 12.2 Å². The molecule has 4 nitrogen and oxygen atoms in total. The van der Waals surface area contributed by atoms with Crippen LogP contribution in [0.4, 0.5) is 0 Å². The van der Waals surface area contributed by atoms with Gasteiger partial charge in [0, 0.05) is 19.0 Å². The van der Waals surface area contributed by atoms with Gasteiger partial charge in [-0.2, -0.15) is 0 Å². The van der Waals surface area contributed by atoms with Gasteiger partial charge in [-0.3, -0.25) is 4.79 Å². The molecule has 3 N–H and O–H groups in total. The van der Waals surface area contributed by atoms with Gasteiger partial charge >= 0.3 is 0 Å². The average Bonchev–Trinajstić information content (AvgIpc) is 2.25. The smallest absolute Gasteiger partial charge is 0.221 e. The molecule has 1 rings (SSSR count). The minimum absolute atomic E-state index is 0.0142. The second kappa shape index (κ2) is 7.67. The van der Waals surface area contributed by atoms with Crippen LogP contribution in [0.25, 0.3) is 0 Å². The predicted octanol–water partition coefficient (Wildman–Crippen LogP) is 1.44. The highest BCUT2D eigenvalue weighted by atomic mass is 16.5. The van der Waals surface area contributed by atoms with E-state index in [9.17, 15) is 4.79 Å². The molecule has 3 atom stereocenters. The van der Waals surface area contributed by atoms with Crippen LogP contribution in [-0.2, 0) is 9.53 Å². The summed E-state index contributed by atoms with van der Waals surface area (Å²) < 4.78 is 5.80. The minimum Gasteiger partial charge on any atom is -0.376 e. The fourth-order valence-electron chi connectivity index (χ4n) is 2.30. The topological polar surface area (TPSA) is 64.4 Å². The lowest BCUT2D eigenvalue weighted by Crippen LogP contribution is -2.34. The van der Waals surface area contributed by atoms with E-state index in [-0.39, 0.29) is 11.9 Å². The third-order valence-electron chi connectivity index (χ3n) is 3.30. The first-order valence-corrected chi connectivity index (χ1v) is 6.73. The monoisotopic (exact) mass is 242 g/mol. The van der Waals surface area contributed by atoms with Crippen LogP contribution >= 0.6 is 0 Å². The van der Waals surface area contributed by atoms with E-state index < -0.39 is 0 Å². The fraction of sp³-hybridized carbons (Fsp3) is 0.923. The van der Waals surface area contributed by atoms with Crippen molar-refractivity contribution in [1.82, 2.24) is 5.32 Å². The second-order valence-corrected chi connectivity index (χ2v) is 5.20. The van der Waals surface area contributed by atoms with Gasteiger partial charge < -0.3 is 15.8 Å². The number of ether oxygens (including phenoxy) is 1. The zero-order valence-corrected chi connectivity index (χ0v) is 11.1. The van der Waals surface area contributed by atoms with Crippen molar-refractivity contribution < 1.29 is 9.53 Å². The van der Waals surface area contributed by atoms with Crippen molar-refractivity contribution in [2.24, 2.45) is 11.7 Å². The van der Waals surface area contributed by atoms with Gasteiger partial charge in [-0.1, -0.05) is 19.8 Å². The van der Waals surface area contributed by atoms with E-state index in [1.165, 1.54) is 19.3 Å². The minimum atomic E-state index is -0.0747. The van der Waals surface area contributed by atoms with Gasteiger partial charge in [0.2, 0.25) is 5.91 Å². The van der Waals surface area contributed by atoms with Crippen molar-refractivity contribution in [1.29, 1.82) is 0 Å². The average molecular weight is 242 g/mol. The predicted molar refractivity (Wildman–Crippen MR) is 68.6 cm³/mol. The maximum atomic E-state index is 11.3. The molecular weight excluding hydrogens is 216 g/mol. The molecule has 1 aliphatic carbocycles. The first-order chi connectivity index (χ1) is 8.09. The van der Waals surface area contributed by atoms with E-state index in [0.717, 1.165) is 6.42 Å². The SMILES string of the molecule is CC(N)CC(=O)NCCOC1CCCCC1C. The first-order valence-electron chi connectivity index (χ1n) is 6.73. The van der Waals surface area contributed by atoms with Crippen LogP contribution in [0.3, 0.4) is 0 Å². The molecule has 4 heteroatoms. The summed E-state index contributed by atoms with van der Waals surface area (Å²) in [5, 5.41) is 2.82. The highest BCUT2D eigenvalue weighted by Gasteiger charge is 2.21.